The predicted octanol–water partition coefficient (Wildman–Crippen LogP) is 2.77. The summed E-state index contributed by atoms with van der Waals surface area (Å²) in [5, 5.41) is 9.22. The molecule has 0 fully saturated rings. The Morgan fingerprint density at radius 3 is 2.79 bits per heavy atom. The number of hydrogen-bond acceptors (Lipinski definition) is 4. The number of hydrogen-bond donors (Lipinski definition) is 1. The summed E-state index contributed by atoms with van der Waals surface area (Å²) in [6.07, 6.45) is 0.474. The highest BCUT2D eigenvalue weighted by Gasteiger charge is 2.15. The Morgan fingerprint density at radius 2 is 2.21 bits per heavy atom. The molecule has 0 bridgehead atoms. The van der Waals surface area contributed by atoms with Crippen LogP contribution in [0, 0.1) is 0 Å². The van der Waals surface area contributed by atoms with Crippen molar-refractivity contribution in [2.75, 3.05) is 20.6 Å². The van der Waals surface area contributed by atoms with Crippen LogP contribution in [0.2, 0.25) is 0 Å². The zero-order valence-corrected chi connectivity index (χ0v) is 12.8. The molecular weight excluding hydrogens is 276 g/mol. The number of nitrogens with one attached hydrogen (secondary N) is 1. The maximum Gasteiger partial charge on any atom is 0.225 e. The molecule has 5 heteroatoms. The first kappa shape index (κ1) is 14.2. The molecule has 0 aliphatic heterocycles. The molecule has 0 aromatic carbocycles. The molecule has 2 heterocycles. The molecule has 0 saturated carbocycles. The molecule has 0 saturated heterocycles. The average molecular weight is 294 g/mol. The number of nitrogens with zero attached hydrogens (tertiary/aromatic N) is 1. The lowest BCUT2D eigenvalue weighted by Gasteiger charge is -2.23. The van der Waals surface area contributed by atoms with Crippen molar-refractivity contribution >= 4 is 28.6 Å². The van der Waals surface area contributed by atoms with Crippen LogP contribution in [0.15, 0.2) is 34.3 Å². The first-order chi connectivity index (χ1) is 9.16. The van der Waals surface area contributed by atoms with E-state index in [2.05, 4.69) is 27.0 Å². The fraction of sp³-hybridized carbons (Fsp3) is 0.357. The highest BCUT2D eigenvalue weighted by molar-refractivity contribution is 7.10. The van der Waals surface area contributed by atoms with Gasteiger partial charge in [0.1, 0.15) is 0 Å². The van der Waals surface area contributed by atoms with Crippen molar-refractivity contribution in [1.82, 2.24) is 10.2 Å². The zero-order valence-electron chi connectivity index (χ0n) is 11.1. The lowest BCUT2D eigenvalue weighted by Crippen LogP contribution is -2.35. The van der Waals surface area contributed by atoms with Crippen molar-refractivity contribution in [2.45, 2.75) is 12.5 Å². The third kappa shape index (κ3) is 4.16. The minimum atomic E-state index is 0.0875. The van der Waals surface area contributed by atoms with Crippen molar-refractivity contribution in [1.29, 1.82) is 0 Å². The Hall–Kier alpha value is -1.17. The highest BCUT2D eigenvalue weighted by atomic mass is 32.1. The third-order valence-electron chi connectivity index (χ3n) is 2.96. The van der Waals surface area contributed by atoms with Crippen molar-refractivity contribution < 1.29 is 4.79 Å². The maximum absolute atomic E-state index is 11.9. The summed E-state index contributed by atoms with van der Waals surface area (Å²) in [6, 6.07) is 6.31. The predicted molar refractivity (Wildman–Crippen MR) is 81.8 cm³/mol. The van der Waals surface area contributed by atoms with Gasteiger partial charge < -0.3 is 10.2 Å². The van der Waals surface area contributed by atoms with Crippen molar-refractivity contribution in [3.8, 4) is 0 Å². The Morgan fingerprint density at radius 1 is 1.37 bits per heavy atom. The van der Waals surface area contributed by atoms with Gasteiger partial charge in [0.15, 0.2) is 0 Å². The van der Waals surface area contributed by atoms with Crippen molar-refractivity contribution in [3.05, 3.63) is 44.8 Å². The molecule has 19 heavy (non-hydrogen) atoms. The van der Waals surface area contributed by atoms with E-state index >= 15 is 0 Å². The van der Waals surface area contributed by atoms with E-state index in [-0.39, 0.29) is 11.9 Å². The third-order valence-corrected chi connectivity index (χ3v) is 4.54. The van der Waals surface area contributed by atoms with Gasteiger partial charge in [-0.3, -0.25) is 4.79 Å². The minimum absolute atomic E-state index is 0.0875. The van der Waals surface area contributed by atoms with Crippen LogP contribution in [0.3, 0.4) is 0 Å². The molecule has 2 aromatic rings. The van der Waals surface area contributed by atoms with Crippen LogP contribution in [-0.2, 0) is 11.2 Å². The Labute approximate surface area is 121 Å². The van der Waals surface area contributed by atoms with Crippen molar-refractivity contribution in [2.24, 2.45) is 0 Å². The fourth-order valence-corrected chi connectivity index (χ4v) is 3.32. The van der Waals surface area contributed by atoms with Gasteiger partial charge in [-0.1, -0.05) is 6.07 Å². The largest absolute Gasteiger partial charge is 0.354 e. The van der Waals surface area contributed by atoms with Gasteiger partial charge in [-0.2, -0.15) is 11.3 Å². The second-order valence-corrected chi connectivity index (χ2v) is 6.41. The van der Waals surface area contributed by atoms with Gasteiger partial charge in [-0.15, -0.1) is 11.3 Å². The monoisotopic (exact) mass is 294 g/mol. The smallest absolute Gasteiger partial charge is 0.225 e. The molecule has 1 amide bonds. The summed E-state index contributed by atoms with van der Waals surface area (Å²) < 4.78 is 0. The summed E-state index contributed by atoms with van der Waals surface area (Å²) >= 11 is 3.31. The molecule has 2 aromatic heterocycles. The molecular formula is C14H18N2OS2. The Kier molecular flexibility index (Phi) is 5.13. The lowest BCUT2D eigenvalue weighted by molar-refractivity contribution is -0.120. The molecule has 102 valence electrons. The number of thiophene rings is 2. The summed E-state index contributed by atoms with van der Waals surface area (Å²) in [5.41, 5.74) is 1.26. The molecule has 1 N–H and O–H groups in total. The lowest BCUT2D eigenvalue weighted by atomic mass is 10.1. The molecule has 0 radical (unpaired) electrons. The van der Waals surface area contributed by atoms with Crippen molar-refractivity contribution in [3.63, 3.8) is 0 Å². The molecule has 0 aliphatic carbocycles. The van der Waals surface area contributed by atoms with E-state index < -0.39 is 0 Å². The molecule has 0 aliphatic rings. The zero-order chi connectivity index (χ0) is 13.7. The minimum Gasteiger partial charge on any atom is -0.354 e. The van der Waals surface area contributed by atoms with E-state index in [4.69, 9.17) is 0 Å². The topological polar surface area (TPSA) is 32.3 Å². The average Bonchev–Trinajstić information content (AvgIpc) is 3.01. The standard InChI is InChI=1S/C14H18N2OS2/c1-16(2)13(11-5-7-18-10-11)9-15-14(17)8-12-4-3-6-19-12/h3-7,10,13H,8-9H2,1-2H3,(H,15,17). The number of amides is 1. The van der Waals surface area contributed by atoms with E-state index in [0.29, 0.717) is 13.0 Å². The van der Waals surface area contributed by atoms with Gasteiger partial charge in [0, 0.05) is 11.4 Å². The van der Waals surface area contributed by atoms with E-state index in [1.54, 1.807) is 22.7 Å². The summed E-state index contributed by atoms with van der Waals surface area (Å²) in [4.78, 5) is 15.1. The maximum atomic E-state index is 11.9. The van der Waals surface area contributed by atoms with Gasteiger partial charge in [0.25, 0.3) is 0 Å². The molecule has 3 nitrogen and oxygen atoms in total. The van der Waals surface area contributed by atoms with Crippen LogP contribution >= 0.6 is 22.7 Å². The fourth-order valence-electron chi connectivity index (χ4n) is 1.91. The van der Waals surface area contributed by atoms with Gasteiger partial charge in [-0.25, -0.2) is 0 Å². The molecule has 1 unspecified atom stereocenters. The summed E-state index contributed by atoms with van der Waals surface area (Å²) in [6.45, 7) is 0.647. The first-order valence-corrected chi connectivity index (χ1v) is 7.96. The van der Waals surface area contributed by atoms with Crippen LogP contribution in [0.4, 0.5) is 0 Å². The van der Waals surface area contributed by atoms with Gasteiger partial charge >= 0.3 is 0 Å². The van der Waals surface area contributed by atoms with Crippen LogP contribution in [0.25, 0.3) is 0 Å². The number of carbonyl (C=O) groups excluding carboxylic acids is 1. The first-order valence-electron chi connectivity index (χ1n) is 6.14. The number of carbonyl (C=O) groups is 1. The molecule has 2 rings (SSSR count). The van der Waals surface area contributed by atoms with E-state index in [0.717, 1.165) is 4.88 Å². The number of likely N-dealkylation sites (N-methyl/N-ethyl adjacent to an activating group) is 1. The van der Waals surface area contributed by atoms with E-state index in [1.165, 1.54) is 5.56 Å². The van der Waals surface area contributed by atoms with E-state index in [9.17, 15) is 4.79 Å². The van der Waals surface area contributed by atoms with Gasteiger partial charge in [0.05, 0.1) is 12.5 Å². The second-order valence-electron chi connectivity index (χ2n) is 4.60. The SMILES string of the molecule is CN(C)C(CNC(=O)Cc1cccs1)c1ccsc1. The Balaban J connectivity index is 1.87. The van der Waals surface area contributed by atoms with Crippen LogP contribution in [0.1, 0.15) is 16.5 Å². The quantitative estimate of drug-likeness (QED) is 0.888. The van der Waals surface area contributed by atoms with Crippen LogP contribution in [-0.4, -0.2) is 31.4 Å². The van der Waals surface area contributed by atoms with Gasteiger partial charge in [0.2, 0.25) is 5.91 Å². The summed E-state index contributed by atoms with van der Waals surface area (Å²) in [7, 11) is 4.07. The Bertz CT molecular complexity index is 492. The normalized spacial score (nSPS) is 12.6. The van der Waals surface area contributed by atoms with Crippen LogP contribution in [0.5, 0.6) is 0 Å². The number of rotatable bonds is 6. The molecule has 0 spiro atoms. The molecule has 1 atom stereocenters. The van der Waals surface area contributed by atoms with Gasteiger partial charge in [-0.05, 0) is 47.9 Å². The highest BCUT2D eigenvalue weighted by Crippen LogP contribution is 2.20. The van der Waals surface area contributed by atoms with E-state index in [1.807, 2.05) is 31.6 Å². The van der Waals surface area contributed by atoms with Crippen LogP contribution < -0.4 is 5.32 Å². The second kappa shape index (κ2) is 6.84. The summed E-state index contributed by atoms with van der Waals surface area (Å²) in [5.74, 6) is 0.0875.